The highest BCUT2D eigenvalue weighted by Gasteiger charge is 2.22. The van der Waals surface area contributed by atoms with Crippen molar-refractivity contribution in [2.45, 2.75) is 38.2 Å². The van der Waals surface area contributed by atoms with Gasteiger partial charge in [0.2, 0.25) is 11.8 Å². The maximum absolute atomic E-state index is 11.8. The van der Waals surface area contributed by atoms with Crippen molar-refractivity contribution in [3.8, 4) is 0 Å². The Labute approximate surface area is 124 Å². The molecule has 2 amide bonds. The van der Waals surface area contributed by atoms with Gasteiger partial charge >= 0.3 is 0 Å². The molecular weight excluding hydrogens is 268 g/mol. The second kappa shape index (κ2) is 6.26. The molecule has 1 aromatic carbocycles. The van der Waals surface area contributed by atoms with Gasteiger partial charge in [0.05, 0.1) is 0 Å². The Kier molecular flexibility index (Phi) is 4.20. The molecule has 0 saturated carbocycles. The van der Waals surface area contributed by atoms with Crippen LogP contribution in [-0.4, -0.2) is 31.1 Å². The van der Waals surface area contributed by atoms with Gasteiger partial charge in [0.15, 0.2) is 0 Å². The minimum Gasteiger partial charge on any atom is -0.368 e. The second-order valence-corrected chi connectivity index (χ2v) is 5.58. The molecule has 0 aliphatic carbocycles. The van der Waals surface area contributed by atoms with Gasteiger partial charge in [0, 0.05) is 25.3 Å². The van der Waals surface area contributed by atoms with E-state index in [2.05, 4.69) is 16.7 Å². The van der Waals surface area contributed by atoms with Crippen LogP contribution in [0.5, 0.6) is 0 Å². The Hall–Kier alpha value is -1.88. The van der Waals surface area contributed by atoms with Crippen molar-refractivity contribution < 1.29 is 14.3 Å². The first-order chi connectivity index (χ1) is 10.2. The molecule has 21 heavy (non-hydrogen) atoms. The van der Waals surface area contributed by atoms with Crippen LogP contribution in [0.15, 0.2) is 18.2 Å². The molecule has 1 fully saturated rings. The summed E-state index contributed by atoms with van der Waals surface area (Å²) < 4.78 is 5.35. The fraction of sp³-hybridized carbons (Fsp3) is 0.500. The molecule has 5 nitrogen and oxygen atoms in total. The number of fused-ring (bicyclic) bond motifs is 1. The Morgan fingerprint density at radius 2 is 2.29 bits per heavy atom. The van der Waals surface area contributed by atoms with Gasteiger partial charge in [0.25, 0.3) is 0 Å². The molecule has 2 N–H and O–H groups in total. The monoisotopic (exact) mass is 288 g/mol. The number of hydrogen-bond acceptors (Lipinski definition) is 3. The van der Waals surface area contributed by atoms with Crippen molar-refractivity contribution in [2.75, 3.05) is 18.5 Å². The van der Waals surface area contributed by atoms with Crippen LogP contribution in [0.1, 0.15) is 30.4 Å². The van der Waals surface area contributed by atoms with Crippen molar-refractivity contribution in [1.82, 2.24) is 5.32 Å². The van der Waals surface area contributed by atoms with E-state index in [1.165, 1.54) is 11.1 Å². The Morgan fingerprint density at radius 1 is 1.38 bits per heavy atom. The number of ether oxygens (including phenoxy) is 1. The Balaban J connectivity index is 1.51. The largest absolute Gasteiger partial charge is 0.368 e. The summed E-state index contributed by atoms with van der Waals surface area (Å²) in [6, 6.07) is 6.07. The van der Waals surface area contributed by atoms with Gasteiger partial charge in [-0.15, -0.1) is 0 Å². The Morgan fingerprint density at radius 3 is 3.10 bits per heavy atom. The summed E-state index contributed by atoms with van der Waals surface area (Å²) in [7, 11) is 0. The van der Waals surface area contributed by atoms with E-state index in [1.807, 2.05) is 12.1 Å². The highest BCUT2D eigenvalue weighted by atomic mass is 16.5. The van der Waals surface area contributed by atoms with Crippen LogP contribution >= 0.6 is 0 Å². The highest BCUT2D eigenvalue weighted by molar-refractivity contribution is 5.93. The lowest BCUT2D eigenvalue weighted by Crippen LogP contribution is -2.35. The summed E-state index contributed by atoms with van der Waals surface area (Å²) >= 11 is 0. The fourth-order valence-corrected chi connectivity index (χ4v) is 2.82. The number of anilines is 1. The van der Waals surface area contributed by atoms with E-state index in [-0.39, 0.29) is 17.9 Å². The van der Waals surface area contributed by atoms with Crippen LogP contribution in [-0.2, 0) is 27.2 Å². The predicted octanol–water partition coefficient (Wildman–Crippen LogP) is 1.41. The first kappa shape index (κ1) is 14.1. The lowest BCUT2D eigenvalue weighted by atomic mass is 9.99. The SMILES string of the molecule is O=C1CCc2cc(CCNC(=O)C3CCCO3)ccc2N1. The first-order valence-corrected chi connectivity index (χ1v) is 7.53. The third-order valence-corrected chi connectivity index (χ3v) is 4.00. The summed E-state index contributed by atoms with van der Waals surface area (Å²) in [6.45, 7) is 1.30. The second-order valence-electron chi connectivity index (χ2n) is 5.58. The minimum atomic E-state index is -0.260. The third-order valence-electron chi connectivity index (χ3n) is 4.00. The van der Waals surface area contributed by atoms with E-state index in [0.717, 1.165) is 31.4 Å². The molecule has 2 aliphatic rings. The number of carbonyl (C=O) groups is 2. The van der Waals surface area contributed by atoms with Gasteiger partial charge < -0.3 is 15.4 Å². The lowest BCUT2D eigenvalue weighted by Gasteiger charge is -2.17. The zero-order valence-corrected chi connectivity index (χ0v) is 12.0. The molecule has 5 heteroatoms. The summed E-state index contributed by atoms with van der Waals surface area (Å²) in [5.41, 5.74) is 3.27. The van der Waals surface area contributed by atoms with Gasteiger partial charge in [-0.3, -0.25) is 9.59 Å². The molecule has 3 rings (SSSR count). The molecule has 0 aromatic heterocycles. The van der Waals surface area contributed by atoms with Gasteiger partial charge in [-0.1, -0.05) is 12.1 Å². The normalized spacial score (nSPS) is 20.8. The number of amides is 2. The third kappa shape index (κ3) is 3.42. The number of benzene rings is 1. The highest BCUT2D eigenvalue weighted by Crippen LogP contribution is 2.23. The van der Waals surface area contributed by atoms with Crippen molar-refractivity contribution >= 4 is 17.5 Å². The molecule has 0 radical (unpaired) electrons. The molecule has 1 saturated heterocycles. The molecule has 2 aliphatic heterocycles. The fourth-order valence-electron chi connectivity index (χ4n) is 2.82. The molecule has 1 unspecified atom stereocenters. The van der Waals surface area contributed by atoms with Crippen molar-refractivity contribution in [3.63, 3.8) is 0 Å². The average Bonchev–Trinajstić information content (AvgIpc) is 3.01. The standard InChI is InChI=1S/C16H20N2O3/c19-15-6-4-12-10-11(3-5-13(12)18-15)7-8-17-16(20)14-2-1-9-21-14/h3,5,10,14H,1-2,4,6-9H2,(H,17,20)(H,18,19). The summed E-state index contributed by atoms with van der Waals surface area (Å²) in [6.07, 6.45) is 3.66. The van der Waals surface area contributed by atoms with Crippen LogP contribution in [0.25, 0.3) is 0 Å². The molecule has 112 valence electrons. The zero-order valence-electron chi connectivity index (χ0n) is 12.0. The van der Waals surface area contributed by atoms with Crippen LogP contribution in [0.3, 0.4) is 0 Å². The maximum Gasteiger partial charge on any atom is 0.249 e. The summed E-state index contributed by atoms with van der Waals surface area (Å²) in [5, 5.41) is 5.80. The lowest BCUT2D eigenvalue weighted by molar-refractivity contribution is -0.130. The number of aryl methyl sites for hydroxylation is 1. The predicted molar refractivity (Wildman–Crippen MR) is 79.1 cm³/mol. The number of carbonyl (C=O) groups excluding carboxylic acids is 2. The van der Waals surface area contributed by atoms with E-state index in [0.29, 0.717) is 19.6 Å². The van der Waals surface area contributed by atoms with Gasteiger partial charge in [0.1, 0.15) is 6.10 Å². The van der Waals surface area contributed by atoms with E-state index >= 15 is 0 Å². The van der Waals surface area contributed by atoms with E-state index in [4.69, 9.17) is 4.74 Å². The topological polar surface area (TPSA) is 67.4 Å². The minimum absolute atomic E-state index is 0.00211. The van der Waals surface area contributed by atoms with E-state index in [9.17, 15) is 9.59 Å². The van der Waals surface area contributed by atoms with Crippen molar-refractivity contribution in [3.05, 3.63) is 29.3 Å². The number of hydrogen-bond donors (Lipinski definition) is 2. The van der Waals surface area contributed by atoms with Gasteiger partial charge in [-0.25, -0.2) is 0 Å². The Bertz CT molecular complexity index is 550. The number of rotatable bonds is 4. The van der Waals surface area contributed by atoms with Crippen molar-refractivity contribution in [1.29, 1.82) is 0 Å². The quantitative estimate of drug-likeness (QED) is 0.880. The van der Waals surface area contributed by atoms with Crippen LogP contribution in [0, 0.1) is 0 Å². The molecule has 2 heterocycles. The smallest absolute Gasteiger partial charge is 0.249 e. The zero-order chi connectivity index (χ0) is 14.7. The first-order valence-electron chi connectivity index (χ1n) is 7.53. The van der Waals surface area contributed by atoms with Gasteiger partial charge in [-0.05, 0) is 42.9 Å². The van der Waals surface area contributed by atoms with Crippen LogP contribution in [0.4, 0.5) is 5.69 Å². The van der Waals surface area contributed by atoms with Crippen LogP contribution < -0.4 is 10.6 Å². The average molecular weight is 288 g/mol. The molecule has 1 aromatic rings. The summed E-state index contributed by atoms with van der Waals surface area (Å²) in [5.74, 6) is 0.0804. The van der Waals surface area contributed by atoms with Crippen LogP contribution in [0.2, 0.25) is 0 Å². The van der Waals surface area contributed by atoms with E-state index < -0.39 is 0 Å². The molecule has 1 atom stereocenters. The molecule has 0 bridgehead atoms. The summed E-state index contributed by atoms with van der Waals surface area (Å²) in [4.78, 5) is 23.1. The van der Waals surface area contributed by atoms with E-state index in [1.54, 1.807) is 0 Å². The van der Waals surface area contributed by atoms with Crippen molar-refractivity contribution in [2.24, 2.45) is 0 Å². The maximum atomic E-state index is 11.8. The molecule has 0 spiro atoms. The number of nitrogens with one attached hydrogen (secondary N) is 2. The van der Waals surface area contributed by atoms with Gasteiger partial charge in [-0.2, -0.15) is 0 Å². The molecular formula is C16H20N2O3.